The van der Waals surface area contributed by atoms with E-state index >= 15 is 0 Å². The Morgan fingerprint density at radius 2 is 2.14 bits per heavy atom. The summed E-state index contributed by atoms with van der Waals surface area (Å²) in [6, 6.07) is 7.28. The predicted octanol–water partition coefficient (Wildman–Crippen LogP) is 1.29. The van der Waals surface area contributed by atoms with Crippen LogP contribution < -0.4 is 11.2 Å². The first-order valence-corrected chi connectivity index (χ1v) is 4.35. The normalized spacial score (nSPS) is 18.0. The molecule has 1 heterocycles. The Labute approximate surface area is 82.0 Å². The molecule has 2 rings (SSSR count). The number of fused-ring (bicyclic) bond motifs is 1. The van der Waals surface area contributed by atoms with E-state index in [2.05, 4.69) is 5.32 Å². The van der Waals surface area contributed by atoms with Crippen LogP contribution in [0.5, 0.6) is 0 Å². The molecule has 14 heavy (non-hydrogen) atoms. The Morgan fingerprint density at radius 1 is 1.43 bits per heavy atom. The molecule has 0 aromatic heterocycles. The maximum absolute atomic E-state index is 11.7. The Hall–Kier alpha value is -1.81. The summed E-state index contributed by atoms with van der Waals surface area (Å²) >= 11 is 0. The van der Waals surface area contributed by atoms with Gasteiger partial charge in [-0.3, -0.25) is 4.79 Å². The summed E-state index contributed by atoms with van der Waals surface area (Å²) in [5.41, 5.74) is 1.40. The molecular weight excluding hydrogens is 178 g/mol. The van der Waals surface area contributed by atoms with Gasteiger partial charge in [0.15, 0.2) is 0 Å². The molecule has 0 spiro atoms. The zero-order valence-corrected chi connectivity index (χ0v) is 7.82. The van der Waals surface area contributed by atoms with Gasteiger partial charge in [-0.05, 0) is 25.1 Å². The van der Waals surface area contributed by atoms with Gasteiger partial charge in [-0.2, -0.15) is 0 Å². The first-order chi connectivity index (χ1) is 6.74. The van der Waals surface area contributed by atoms with E-state index in [0.717, 1.165) is 10.7 Å². The van der Waals surface area contributed by atoms with Crippen LogP contribution in [-0.2, 0) is 0 Å². The highest BCUT2D eigenvalue weighted by atomic mass is 16.2. The van der Waals surface area contributed by atoms with E-state index in [4.69, 9.17) is 5.84 Å². The highest BCUT2D eigenvalue weighted by Crippen LogP contribution is 2.24. The molecular formula is C10H11N3O. The molecule has 0 unspecified atom stereocenters. The van der Waals surface area contributed by atoms with Crippen molar-refractivity contribution in [2.75, 3.05) is 5.32 Å². The molecule has 4 nitrogen and oxygen atoms in total. The summed E-state index contributed by atoms with van der Waals surface area (Å²) in [7, 11) is 0. The van der Waals surface area contributed by atoms with Gasteiger partial charge in [0, 0.05) is 0 Å². The number of carbonyl (C=O) groups is 1. The second-order valence-electron chi connectivity index (χ2n) is 3.02. The van der Waals surface area contributed by atoms with Gasteiger partial charge in [0.25, 0.3) is 5.91 Å². The fourth-order valence-corrected chi connectivity index (χ4v) is 1.43. The van der Waals surface area contributed by atoms with Crippen molar-refractivity contribution in [3.63, 3.8) is 0 Å². The van der Waals surface area contributed by atoms with Crippen molar-refractivity contribution in [3.05, 3.63) is 41.7 Å². The first kappa shape index (κ1) is 8.77. The first-order valence-electron chi connectivity index (χ1n) is 4.35. The molecule has 0 aliphatic carbocycles. The monoisotopic (exact) mass is 189 g/mol. The highest BCUT2D eigenvalue weighted by Gasteiger charge is 2.24. The number of carbonyl (C=O) groups excluding carboxylic acids is 1. The number of benzene rings is 1. The van der Waals surface area contributed by atoms with Crippen LogP contribution in [0.25, 0.3) is 0 Å². The van der Waals surface area contributed by atoms with Crippen LogP contribution in [0.3, 0.4) is 0 Å². The van der Waals surface area contributed by atoms with E-state index in [1.54, 1.807) is 12.1 Å². The van der Waals surface area contributed by atoms with Crippen molar-refractivity contribution in [3.8, 4) is 0 Å². The third kappa shape index (κ3) is 1.16. The molecule has 72 valence electrons. The molecule has 1 aliphatic heterocycles. The van der Waals surface area contributed by atoms with Crippen LogP contribution >= 0.6 is 0 Å². The molecule has 1 aliphatic rings. The Morgan fingerprint density at radius 3 is 2.86 bits per heavy atom. The summed E-state index contributed by atoms with van der Waals surface area (Å²) in [4.78, 5) is 11.7. The van der Waals surface area contributed by atoms with Crippen LogP contribution in [0.2, 0.25) is 0 Å². The van der Waals surface area contributed by atoms with Gasteiger partial charge in [-0.25, -0.2) is 10.9 Å². The number of nitrogens with one attached hydrogen (secondary N) is 1. The van der Waals surface area contributed by atoms with Crippen LogP contribution in [0, 0.1) is 0 Å². The van der Waals surface area contributed by atoms with Crippen LogP contribution in [-0.4, -0.2) is 10.9 Å². The molecule has 4 heteroatoms. The lowest BCUT2D eigenvalue weighted by molar-refractivity contribution is 0.0801. The number of hydrogen-bond acceptors (Lipinski definition) is 3. The highest BCUT2D eigenvalue weighted by molar-refractivity contribution is 6.02. The number of allylic oxidation sites excluding steroid dienone is 1. The molecule has 0 saturated heterocycles. The fraction of sp³-hybridized carbons (Fsp3) is 0.100. The largest absolute Gasteiger partial charge is 0.340 e. The third-order valence-electron chi connectivity index (χ3n) is 2.17. The number of anilines is 1. The van der Waals surface area contributed by atoms with Crippen molar-refractivity contribution in [2.45, 2.75) is 6.92 Å². The molecule has 0 bridgehead atoms. The number of hydrogen-bond donors (Lipinski definition) is 2. The standard InChI is InChI=1S/C10H11N3O/c1-2-9-12-8-6-4-3-5-7(8)10(14)13(9)11/h2-6,12H,11H2,1H3/b9-2+. The number of amides is 1. The minimum Gasteiger partial charge on any atom is -0.340 e. The summed E-state index contributed by atoms with van der Waals surface area (Å²) in [6.07, 6.45) is 1.76. The molecule has 0 fully saturated rings. The Balaban J connectivity index is 2.53. The molecule has 0 saturated carbocycles. The molecule has 3 N–H and O–H groups in total. The quantitative estimate of drug-likeness (QED) is 0.477. The van der Waals surface area contributed by atoms with Crippen molar-refractivity contribution in [1.82, 2.24) is 5.01 Å². The number of para-hydroxylation sites is 1. The maximum atomic E-state index is 11.7. The second-order valence-corrected chi connectivity index (χ2v) is 3.02. The summed E-state index contributed by atoms with van der Waals surface area (Å²) < 4.78 is 0. The number of nitrogens with two attached hydrogens (primary N) is 1. The molecule has 1 amide bonds. The van der Waals surface area contributed by atoms with Gasteiger partial charge in [0.05, 0.1) is 11.3 Å². The van der Waals surface area contributed by atoms with Gasteiger partial charge in [0.2, 0.25) is 0 Å². The van der Waals surface area contributed by atoms with Crippen molar-refractivity contribution in [2.24, 2.45) is 5.84 Å². The van der Waals surface area contributed by atoms with Crippen LogP contribution in [0.15, 0.2) is 36.2 Å². The van der Waals surface area contributed by atoms with E-state index in [0.29, 0.717) is 11.4 Å². The molecule has 0 atom stereocenters. The molecule has 1 aromatic rings. The maximum Gasteiger partial charge on any atom is 0.275 e. The van der Waals surface area contributed by atoms with Gasteiger partial charge < -0.3 is 5.32 Å². The smallest absolute Gasteiger partial charge is 0.275 e. The van der Waals surface area contributed by atoms with E-state index in [-0.39, 0.29) is 5.91 Å². The Kier molecular flexibility index (Phi) is 1.98. The van der Waals surface area contributed by atoms with E-state index < -0.39 is 0 Å². The topological polar surface area (TPSA) is 58.4 Å². The van der Waals surface area contributed by atoms with Crippen molar-refractivity contribution >= 4 is 11.6 Å². The minimum absolute atomic E-state index is 0.188. The van der Waals surface area contributed by atoms with Crippen LogP contribution in [0.1, 0.15) is 17.3 Å². The lowest BCUT2D eigenvalue weighted by atomic mass is 10.1. The lowest BCUT2D eigenvalue weighted by Gasteiger charge is -2.27. The van der Waals surface area contributed by atoms with E-state index in [1.165, 1.54) is 0 Å². The SMILES string of the molecule is C/C=C1\Nc2ccccc2C(=O)N1N. The summed E-state index contributed by atoms with van der Waals surface area (Å²) in [6.45, 7) is 1.82. The average Bonchev–Trinajstić information content (AvgIpc) is 2.23. The molecule has 0 radical (unpaired) electrons. The number of rotatable bonds is 0. The second kappa shape index (κ2) is 3.16. The lowest BCUT2D eigenvalue weighted by Crippen LogP contribution is -2.42. The van der Waals surface area contributed by atoms with Gasteiger partial charge in [0.1, 0.15) is 5.82 Å². The zero-order chi connectivity index (χ0) is 10.1. The van der Waals surface area contributed by atoms with Gasteiger partial charge in [-0.15, -0.1) is 0 Å². The van der Waals surface area contributed by atoms with E-state index in [1.807, 2.05) is 25.1 Å². The zero-order valence-electron chi connectivity index (χ0n) is 7.82. The van der Waals surface area contributed by atoms with Crippen molar-refractivity contribution < 1.29 is 4.79 Å². The summed E-state index contributed by atoms with van der Waals surface area (Å²) in [5.74, 6) is 6.02. The number of hydrazine groups is 1. The summed E-state index contributed by atoms with van der Waals surface area (Å²) in [5, 5.41) is 4.18. The average molecular weight is 189 g/mol. The van der Waals surface area contributed by atoms with E-state index in [9.17, 15) is 4.79 Å². The Bertz CT molecular complexity index is 412. The van der Waals surface area contributed by atoms with Crippen LogP contribution in [0.4, 0.5) is 5.69 Å². The van der Waals surface area contributed by atoms with Crippen molar-refractivity contribution in [1.29, 1.82) is 0 Å². The fourth-order valence-electron chi connectivity index (χ4n) is 1.43. The third-order valence-corrected chi connectivity index (χ3v) is 2.17. The predicted molar refractivity (Wildman–Crippen MR) is 54.2 cm³/mol. The number of nitrogens with zero attached hydrogens (tertiary/aromatic N) is 1. The van der Waals surface area contributed by atoms with Gasteiger partial charge in [-0.1, -0.05) is 12.1 Å². The van der Waals surface area contributed by atoms with Gasteiger partial charge >= 0.3 is 0 Å². The minimum atomic E-state index is -0.188. The molecule has 1 aromatic carbocycles.